The number of halogens is 3. The fourth-order valence-corrected chi connectivity index (χ4v) is 4.29. The first-order valence-corrected chi connectivity index (χ1v) is 11.8. The number of rotatable bonds is 9. The number of hydrogen-bond acceptors (Lipinski definition) is 4. The normalized spacial score (nSPS) is 14.6. The first-order chi connectivity index (χ1) is 16.7. The molecule has 0 spiro atoms. The van der Waals surface area contributed by atoms with E-state index < -0.39 is 23.6 Å². The number of anilines is 1. The van der Waals surface area contributed by atoms with Crippen LogP contribution >= 0.6 is 0 Å². The number of aromatic nitrogens is 1. The number of aryl methyl sites for hydroxylation is 2. The monoisotopic (exact) mass is 488 g/mol. The van der Waals surface area contributed by atoms with Crippen LogP contribution in [0.1, 0.15) is 67.3 Å². The van der Waals surface area contributed by atoms with Crippen molar-refractivity contribution in [1.82, 2.24) is 4.98 Å². The second-order valence-electron chi connectivity index (χ2n) is 8.76. The Kier molecular flexibility index (Phi) is 9.07. The van der Waals surface area contributed by atoms with Crippen molar-refractivity contribution in [3.8, 4) is 0 Å². The van der Waals surface area contributed by atoms with Gasteiger partial charge in [-0.15, -0.1) is 0 Å². The third-order valence-corrected chi connectivity index (χ3v) is 6.19. The summed E-state index contributed by atoms with van der Waals surface area (Å²) in [6.45, 7) is 2.25. The van der Waals surface area contributed by atoms with Crippen molar-refractivity contribution in [3.63, 3.8) is 0 Å². The number of unbranched alkanes of at least 4 members (excludes halogenated alkanes) is 1. The van der Waals surface area contributed by atoms with Gasteiger partial charge in [-0.1, -0.05) is 36.4 Å². The number of methoxy groups -OCH3 is 1. The number of carbonyl (C=O) groups is 2. The molecule has 1 aromatic carbocycles. The summed E-state index contributed by atoms with van der Waals surface area (Å²) >= 11 is 0. The standard InChI is InChI=1S/C27H31F3N2O3/c1-19(33)32-16-8-11-20-14-15-24(31-26(20)32)13-6-4-3-5-9-22(18-25(34)35-2)21-10-7-12-23(17-21)27(28,29)30/h3,5,7,10,12,14-15,17,22H,4,6,8-9,11,13,16,18H2,1-2H3/b5-3-/t22-/m0/s1. The van der Waals surface area contributed by atoms with Gasteiger partial charge in [-0.2, -0.15) is 13.2 Å². The molecule has 1 atom stereocenters. The summed E-state index contributed by atoms with van der Waals surface area (Å²) < 4.78 is 44.1. The highest BCUT2D eigenvalue weighted by molar-refractivity contribution is 5.91. The molecule has 1 aliphatic heterocycles. The number of esters is 1. The van der Waals surface area contributed by atoms with Crippen LogP contribution in [0.15, 0.2) is 48.6 Å². The second kappa shape index (κ2) is 12.0. The topological polar surface area (TPSA) is 59.5 Å². The number of benzene rings is 1. The van der Waals surface area contributed by atoms with Gasteiger partial charge in [0.2, 0.25) is 5.91 Å². The minimum absolute atomic E-state index is 0.000752. The lowest BCUT2D eigenvalue weighted by Crippen LogP contribution is -2.34. The van der Waals surface area contributed by atoms with E-state index in [9.17, 15) is 22.8 Å². The number of carbonyl (C=O) groups excluding carboxylic acids is 2. The number of ether oxygens (including phenoxy) is 1. The molecule has 0 aliphatic carbocycles. The van der Waals surface area contributed by atoms with Crippen molar-refractivity contribution in [2.24, 2.45) is 0 Å². The number of allylic oxidation sites excluding steroid dienone is 2. The van der Waals surface area contributed by atoms with Crippen LogP contribution < -0.4 is 4.90 Å². The van der Waals surface area contributed by atoms with E-state index in [1.165, 1.54) is 13.2 Å². The summed E-state index contributed by atoms with van der Waals surface area (Å²) in [7, 11) is 1.27. The quantitative estimate of drug-likeness (QED) is 0.246. The third kappa shape index (κ3) is 7.41. The molecule has 5 nitrogen and oxygen atoms in total. The molecule has 188 valence electrons. The van der Waals surface area contributed by atoms with Crippen LogP contribution in [-0.2, 0) is 33.3 Å². The molecular formula is C27H31F3N2O3. The van der Waals surface area contributed by atoms with Crippen LogP contribution in [-0.4, -0.2) is 30.5 Å². The van der Waals surface area contributed by atoms with E-state index in [2.05, 4.69) is 6.07 Å². The molecule has 1 aromatic heterocycles. The maximum Gasteiger partial charge on any atom is 0.416 e. The lowest BCUT2D eigenvalue weighted by atomic mass is 9.91. The van der Waals surface area contributed by atoms with Gasteiger partial charge in [0, 0.05) is 19.2 Å². The van der Waals surface area contributed by atoms with Crippen molar-refractivity contribution >= 4 is 17.7 Å². The zero-order valence-electron chi connectivity index (χ0n) is 20.1. The first-order valence-electron chi connectivity index (χ1n) is 11.8. The van der Waals surface area contributed by atoms with Gasteiger partial charge >= 0.3 is 12.1 Å². The summed E-state index contributed by atoms with van der Waals surface area (Å²) in [4.78, 5) is 30.2. The van der Waals surface area contributed by atoms with E-state index in [4.69, 9.17) is 9.72 Å². The van der Waals surface area contributed by atoms with Crippen LogP contribution in [0.5, 0.6) is 0 Å². The maximum atomic E-state index is 13.1. The van der Waals surface area contributed by atoms with E-state index >= 15 is 0 Å². The fourth-order valence-electron chi connectivity index (χ4n) is 4.29. The van der Waals surface area contributed by atoms with Crippen LogP contribution in [0.3, 0.4) is 0 Å². The molecule has 0 bridgehead atoms. The van der Waals surface area contributed by atoms with Crippen molar-refractivity contribution in [1.29, 1.82) is 0 Å². The Hall–Kier alpha value is -3.16. The molecule has 0 unspecified atom stereocenters. The smallest absolute Gasteiger partial charge is 0.416 e. The van der Waals surface area contributed by atoms with Gasteiger partial charge in [0.05, 0.1) is 19.1 Å². The molecule has 1 amide bonds. The van der Waals surface area contributed by atoms with Crippen molar-refractivity contribution in [2.45, 2.75) is 64.0 Å². The van der Waals surface area contributed by atoms with Gasteiger partial charge in [0.15, 0.2) is 0 Å². The Bertz CT molecular complexity index is 1070. The van der Waals surface area contributed by atoms with E-state index in [-0.39, 0.29) is 12.3 Å². The first kappa shape index (κ1) is 26.4. The molecule has 0 saturated heterocycles. The average molecular weight is 489 g/mol. The van der Waals surface area contributed by atoms with Gasteiger partial charge in [0.1, 0.15) is 5.82 Å². The number of amides is 1. The summed E-state index contributed by atoms with van der Waals surface area (Å²) in [6, 6.07) is 9.17. The van der Waals surface area contributed by atoms with Gasteiger partial charge in [-0.25, -0.2) is 4.98 Å². The number of fused-ring (bicyclic) bond motifs is 1. The lowest BCUT2D eigenvalue weighted by Gasteiger charge is -2.27. The zero-order chi connectivity index (χ0) is 25.4. The van der Waals surface area contributed by atoms with Crippen LogP contribution in [0, 0.1) is 0 Å². The Morgan fingerprint density at radius 2 is 2.00 bits per heavy atom. The molecule has 0 saturated carbocycles. The molecule has 8 heteroatoms. The van der Waals surface area contributed by atoms with Gasteiger partial charge in [-0.05, 0) is 67.7 Å². The molecule has 2 heterocycles. The van der Waals surface area contributed by atoms with Crippen molar-refractivity contribution < 1.29 is 27.5 Å². The Labute approximate surface area is 204 Å². The molecule has 2 aromatic rings. The van der Waals surface area contributed by atoms with Crippen LogP contribution in [0.4, 0.5) is 19.0 Å². The summed E-state index contributed by atoms with van der Waals surface area (Å²) in [6.07, 6.45) is 4.12. The highest BCUT2D eigenvalue weighted by Gasteiger charge is 2.31. The number of alkyl halides is 3. The second-order valence-corrected chi connectivity index (χ2v) is 8.76. The van der Waals surface area contributed by atoms with E-state index in [0.717, 1.165) is 61.3 Å². The van der Waals surface area contributed by atoms with E-state index in [1.807, 2.05) is 18.2 Å². The fraction of sp³-hybridized carbons (Fsp3) is 0.444. The van der Waals surface area contributed by atoms with Gasteiger partial charge < -0.3 is 4.74 Å². The Morgan fingerprint density at radius 1 is 1.20 bits per heavy atom. The minimum atomic E-state index is -4.44. The summed E-state index contributed by atoms with van der Waals surface area (Å²) in [5.41, 5.74) is 1.76. The minimum Gasteiger partial charge on any atom is -0.469 e. The molecule has 0 N–H and O–H groups in total. The predicted molar refractivity (Wildman–Crippen MR) is 128 cm³/mol. The highest BCUT2D eigenvalue weighted by Crippen LogP contribution is 2.33. The van der Waals surface area contributed by atoms with Gasteiger partial charge in [-0.3, -0.25) is 14.5 Å². The van der Waals surface area contributed by atoms with Gasteiger partial charge in [0.25, 0.3) is 0 Å². The SMILES string of the molecule is COC(=O)C[C@H](C/C=C\CCCc1ccc2c(n1)N(C(C)=O)CCC2)c1cccc(C(F)(F)F)c1. The lowest BCUT2D eigenvalue weighted by molar-refractivity contribution is -0.141. The zero-order valence-corrected chi connectivity index (χ0v) is 20.1. The van der Waals surface area contributed by atoms with Crippen LogP contribution in [0.25, 0.3) is 0 Å². The molecule has 0 radical (unpaired) electrons. The van der Waals surface area contributed by atoms with Crippen molar-refractivity contribution in [2.75, 3.05) is 18.6 Å². The maximum absolute atomic E-state index is 13.1. The average Bonchev–Trinajstić information content (AvgIpc) is 2.84. The molecule has 3 rings (SSSR count). The Morgan fingerprint density at radius 3 is 2.71 bits per heavy atom. The summed E-state index contributed by atoms with van der Waals surface area (Å²) in [5, 5.41) is 0. The largest absolute Gasteiger partial charge is 0.469 e. The molecular weight excluding hydrogens is 457 g/mol. The van der Waals surface area contributed by atoms with Crippen LogP contribution in [0.2, 0.25) is 0 Å². The number of nitrogens with zero attached hydrogens (tertiary/aromatic N) is 2. The third-order valence-electron chi connectivity index (χ3n) is 6.19. The Balaban J connectivity index is 1.58. The summed E-state index contributed by atoms with van der Waals surface area (Å²) in [5.74, 6) is -0.0934. The molecule has 0 fully saturated rings. The van der Waals surface area contributed by atoms with Crippen molar-refractivity contribution in [3.05, 3.63) is 70.9 Å². The molecule has 1 aliphatic rings. The number of hydrogen-bond donors (Lipinski definition) is 0. The van der Waals surface area contributed by atoms with E-state index in [1.54, 1.807) is 17.9 Å². The molecule has 35 heavy (non-hydrogen) atoms. The van der Waals surface area contributed by atoms with E-state index in [0.29, 0.717) is 18.5 Å². The highest BCUT2D eigenvalue weighted by atomic mass is 19.4. The predicted octanol–water partition coefficient (Wildman–Crippen LogP) is 6.02. The number of pyridine rings is 1.